The van der Waals surface area contributed by atoms with E-state index >= 15 is 0 Å². The second kappa shape index (κ2) is 5.81. The molecule has 5 nitrogen and oxygen atoms in total. The SMILES string of the molecule is Cc1ccc(NCCCNS(C)(=O)=O)nc1. The van der Waals surface area contributed by atoms with Crippen LogP contribution >= 0.6 is 0 Å². The number of sulfonamides is 1. The first-order chi connectivity index (χ1) is 7.47. The van der Waals surface area contributed by atoms with Gasteiger partial charge >= 0.3 is 0 Å². The fourth-order valence-corrected chi connectivity index (χ4v) is 1.65. The van der Waals surface area contributed by atoms with Crippen LogP contribution in [-0.4, -0.2) is 32.7 Å². The van der Waals surface area contributed by atoms with E-state index in [-0.39, 0.29) is 0 Å². The number of aromatic nitrogens is 1. The zero-order valence-corrected chi connectivity index (χ0v) is 10.3. The molecule has 1 rings (SSSR count). The van der Waals surface area contributed by atoms with Crippen LogP contribution < -0.4 is 10.0 Å². The van der Waals surface area contributed by atoms with Gasteiger partial charge in [0, 0.05) is 19.3 Å². The molecule has 0 unspecified atom stereocenters. The van der Waals surface area contributed by atoms with Crippen LogP contribution in [0.15, 0.2) is 18.3 Å². The van der Waals surface area contributed by atoms with Crippen molar-refractivity contribution in [1.29, 1.82) is 0 Å². The normalized spacial score (nSPS) is 11.4. The maximum atomic E-state index is 10.8. The van der Waals surface area contributed by atoms with Gasteiger partial charge in [-0.1, -0.05) is 6.07 Å². The largest absolute Gasteiger partial charge is 0.370 e. The molecule has 0 aliphatic heterocycles. The van der Waals surface area contributed by atoms with E-state index in [2.05, 4.69) is 15.0 Å². The standard InChI is InChI=1S/C10H17N3O2S/c1-9-4-5-10(12-8-9)11-6-3-7-13-16(2,14)15/h4-5,8,13H,3,6-7H2,1-2H3,(H,11,12). The highest BCUT2D eigenvalue weighted by Gasteiger charge is 1.98. The number of nitrogens with one attached hydrogen (secondary N) is 2. The van der Waals surface area contributed by atoms with Crippen LogP contribution in [0.1, 0.15) is 12.0 Å². The van der Waals surface area contributed by atoms with Crippen LogP contribution in [0.3, 0.4) is 0 Å². The molecule has 0 aliphatic rings. The summed E-state index contributed by atoms with van der Waals surface area (Å²) in [6, 6.07) is 3.88. The van der Waals surface area contributed by atoms with Gasteiger partial charge < -0.3 is 5.32 Å². The van der Waals surface area contributed by atoms with Gasteiger partial charge in [-0.25, -0.2) is 18.1 Å². The van der Waals surface area contributed by atoms with Crippen molar-refractivity contribution in [3.8, 4) is 0 Å². The fraction of sp³-hybridized carbons (Fsp3) is 0.500. The van der Waals surface area contributed by atoms with Crippen molar-refractivity contribution < 1.29 is 8.42 Å². The Hall–Kier alpha value is -1.14. The summed E-state index contributed by atoms with van der Waals surface area (Å²) in [6.45, 7) is 3.11. The molecular weight excluding hydrogens is 226 g/mol. The lowest BCUT2D eigenvalue weighted by Crippen LogP contribution is -2.24. The maximum absolute atomic E-state index is 10.8. The van der Waals surface area contributed by atoms with Crippen LogP contribution in [0.2, 0.25) is 0 Å². The van der Waals surface area contributed by atoms with Crippen molar-refractivity contribution in [2.45, 2.75) is 13.3 Å². The smallest absolute Gasteiger partial charge is 0.208 e. The van der Waals surface area contributed by atoms with Gasteiger partial charge in [0.05, 0.1) is 6.26 Å². The van der Waals surface area contributed by atoms with Crippen molar-refractivity contribution in [2.75, 3.05) is 24.7 Å². The minimum atomic E-state index is -3.07. The molecule has 0 aliphatic carbocycles. The third-order valence-corrected chi connectivity index (χ3v) is 2.66. The second-order valence-electron chi connectivity index (χ2n) is 3.67. The minimum Gasteiger partial charge on any atom is -0.370 e. The number of rotatable bonds is 6. The quantitative estimate of drug-likeness (QED) is 0.723. The van der Waals surface area contributed by atoms with Gasteiger partial charge in [0.25, 0.3) is 0 Å². The van der Waals surface area contributed by atoms with Gasteiger partial charge in [-0.15, -0.1) is 0 Å². The molecule has 0 amide bonds. The van der Waals surface area contributed by atoms with Crippen molar-refractivity contribution in [1.82, 2.24) is 9.71 Å². The Bertz CT molecular complexity index is 414. The average molecular weight is 243 g/mol. The van der Waals surface area contributed by atoms with Crippen molar-refractivity contribution in [3.63, 3.8) is 0 Å². The van der Waals surface area contributed by atoms with E-state index in [0.29, 0.717) is 13.1 Å². The molecule has 0 saturated carbocycles. The summed E-state index contributed by atoms with van der Waals surface area (Å²) in [5.74, 6) is 0.810. The molecule has 16 heavy (non-hydrogen) atoms. The highest BCUT2D eigenvalue weighted by molar-refractivity contribution is 7.88. The summed E-state index contributed by atoms with van der Waals surface area (Å²) in [7, 11) is -3.07. The molecule has 1 heterocycles. The Balaban J connectivity index is 2.19. The zero-order chi connectivity index (χ0) is 12.0. The van der Waals surface area contributed by atoms with Gasteiger partial charge in [0.1, 0.15) is 5.82 Å². The summed E-state index contributed by atoms with van der Waals surface area (Å²) in [5, 5.41) is 3.11. The lowest BCUT2D eigenvalue weighted by molar-refractivity contribution is 0.586. The van der Waals surface area contributed by atoms with E-state index in [9.17, 15) is 8.42 Å². The molecule has 0 fully saturated rings. The topological polar surface area (TPSA) is 71.1 Å². The molecule has 2 N–H and O–H groups in total. The van der Waals surface area contributed by atoms with Gasteiger partial charge in [-0.05, 0) is 25.0 Å². The Morgan fingerprint density at radius 2 is 2.06 bits per heavy atom. The van der Waals surface area contributed by atoms with E-state index in [1.165, 1.54) is 0 Å². The summed E-state index contributed by atoms with van der Waals surface area (Å²) in [4.78, 5) is 4.17. The lowest BCUT2D eigenvalue weighted by Gasteiger charge is -2.05. The van der Waals surface area contributed by atoms with Gasteiger partial charge in [-0.2, -0.15) is 0 Å². The predicted octanol–water partition coefficient (Wildman–Crippen LogP) is 0.741. The van der Waals surface area contributed by atoms with Crippen molar-refractivity contribution in [2.24, 2.45) is 0 Å². The molecule has 0 spiro atoms. The van der Waals surface area contributed by atoms with Gasteiger partial charge in [-0.3, -0.25) is 0 Å². The van der Waals surface area contributed by atoms with Gasteiger partial charge in [0.2, 0.25) is 10.0 Å². The molecule has 90 valence electrons. The average Bonchev–Trinajstić information content (AvgIpc) is 2.19. The number of aryl methyl sites for hydroxylation is 1. The molecule has 1 aromatic heterocycles. The van der Waals surface area contributed by atoms with E-state index in [1.807, 2.05) is 19.1 Å². The van der Waals surface area contributed by atoms with E-state index < -0.39 is 10.0 Å². The third-order valence-electron chi connectivity index (χ3n) is 1.94. The first kappa shape index (κ1) is 12.9. The third kappa shape index (κ3) is 5.67. The maximum Gasteiger partial charge on any atom is 0.208 e. The first-order valence-electron chi connectivity index (χ1n) is 5.08. The Morgan fingerprint density at radius 1 is 1.31 bits per heavy atom. The Labute approximate surface area is 96.3 Å². The fourth-order valence-electron chi connectivity index (χ4n) is 1.13. The highest BCUT2D eigenvalue weighted by Crippen LogP contribution is 2.03. The number of hydrogen-bond donors (Lipinski definition) is 2. The molecule has 1 aromatic rings. The monoisotopic (exact) mass is 243 g/mol. The predicted molar refractivity (Wildman–Crippen MR) is 64.9 cm³/mol. The van der Waals surface area contributed by atoms with Crippen LogP contribution in [0.25, 0.3) is 0 Å². The van der Waals surface area contributed by atoms with Crippen molar-refractivity contribution in [3.05, 3.63) is 23.9 Å². The van der Waals surface area contributed by atoms with Crippen molar-refractivity contribution >= 4 is 15.8 Å². The molecule has 0 bridgehead atoms. The summed E-state index contributed by atoms with van der Waals surface area (Å²) in [6.07, 6.45) is 3.67. The highest BCUT2D eigenvalue weighted by atomic mass is 32.2. The van der Waals surface area contributed by atoms with Crippen LogP contribution in [0.5, 0.6) is 0 Å². The van der Waals surface area contributed by atoms with Crippen LogP contribution in [0, 0.1) is 6.92 Å². The first-order valence-corrected chi connectivity index (χ1v) is 6.98. The van der Waals surface area contributed by atoms with Gasteiger partial charge in [0.15, 0.2) is 0 Å². The van der Waals surface area contributed by atoms with Crippen LogP contribution in [0.4, 0.5) is 5.82 Å². The molecule has 6 heteroatoms. The van der Waals surface area contributed by atoms with E-state index in [0.717, 1.165) is 24.1 Å². The number of hydrogen-bond acceptors (Lipinski definition) is 4. The molecule has 0 saturated heterocycles. The summed E-state index contributed by atoms with van der Waals surface area (Å²) in [5.41, 5.74) is 1.12. The van der Waals surface area contributed by atoms with E-state index in [1.54, 1.807) is 6.20 Å². The molecular formula is C10H17N3O2S. The summed E-state index contributed by atoms with van der Waals surface area (Å²) < 4.78 is 23.9. The lowest BCUT2D eigenvalue weighted by atomic mass is 10.3. The minimum absolute atomic E-state index is 0.442. The van der Waals surface area contributed by atoms with E-state index in [4.69, 9.17) is 0 Å². The Morgan fingerprint density at radius 3 is 2.62 bits per heavy atom. The zero-order valence-electron chi connectivity index (χ0n) is 9.53. The molecule has 0 aromatic carbocycles. The Kier molecular flexibility index (Phi) is 4.70. The number of anilines is 1. The van der Waals surface area contributed by atoms with Crippen LogP contribution in [-0.2, 0) is 10.0 Å². The molecule has 0 atom stereocenters. The number of pyridine rings is 1. The molecule has 0 radical (unpaired) electrons. The number of nitrogens with zero attached hydrogens (tertiary/aromatic N) is 1. The second-order valence-corrected chi connectivity index (χ2v) is 5.50. The summed E-state index contributed by atoms with van der Waals surface area (Å²) >= 11 is 0.